The predicted molar refractivity (Wildman–Crippen MR) is 151 cm³/mol. The second kappa shape index (κ2) is 11.0. The Bertz CT molecular complexity index is 1470. The van der Waals surface area contributed by atoms with Crippen LogP contribution in [0.25, 0.3) is 10.9 Å². The summed E-state index contributed by atoms with van der Waals surface area (Å²) < 4.78 is 11.7. The highest BCUT2D eigenvalue weighted by Gasteiger charge is 2.26. The number of nitrogens with one attached hydrogen (secondary N) is 2. The summed E-state index contributed by atoms with van der Waals surface area (Å²) in [6.45, 7) is 6.24. The van der Waals surface area contributed by atoms with E-state index in [1.807, 2.05) is 25.1 Å². The highest BCUT2D eigenvalue weighted by Crippen LogP contribution is 2.35. The predicted octanol–water partition coefficient (Wildman–Crippen LogP) is 5.21. The number of aryl methyl sites for hydroxylation is 1. The molecule has 6 nitrogen and oxygen atoms in total. The fourth-order valence-corrected chi connectivity index (χ4v) is 5.75. The van der Waals surface area contributed by atoms with Crippen LogP contribution in [0.1, 0.15) is 48.1 Å². The van der Waals surface area contributed by atoms with Gasteiger partial charge in [0, 0.05) is 30.2 Å². The fraction of sp³-hybridized carbons (Fsp3) is 0.344. The number of piperidine rings is 1. The van der Waals surface area contributed by atoms with Gasteiger partial charge in [-0.15, -0.1) is 0 Å². The molecule has 2 atom stereocenters. The van der Waals surface area contributed by atoms with Crippen molar-refractivity contribution in [1.29, 1.82) is 0 Å². The first-order valence-electron chi connectivity index (χ1n) is 13.7. The van der Waals surface area contributed by atoms with Gasteiger partial charge in [0.1, 0.15) is 13.2 Å². The number of H-pyrrole nitrogens is 1. The maximum absolute atomic E-state index is 12.4. The van der Waals surface area contributed by atoms with Crippen LogP contribution in [0.15, 0.2) is 77.6 Å². The summed E-state index contributed by atoms with van der Waals surface area (Å²) in [6, 6.07) is 25.7. The standard InChI is InChI=1S/C32H35N3O3/c1-2-23-17-26-18-24(10-12-28(26)34-32(23)36)31(25-11-13-29-30(19-25)38-16-15-37-29)33-27-9-6-14-35(21-27)20-22-7-4-3-5-8-22/h3-5,7-8,10-13,17-19,27,31,33H,2,6,9,14-16,20-21H2,1H3,(H,34,36). The molecule has 0 bridgehead atoms. The molecule has 1 aromatic heterocycles. The Morgan fingerprint density at radius 2 is 1.76 bits per heavy atom. The summed E-state index contributed by atoms with van der Waals surface area (Å²) in [4.78, 5) is 18.0. The maximum Gasteiger partial charge on any atom is 0.251 e. The molecule has 2 N–H and O–H groups in total. The summed E-state index contributed by atoms with van der Waals surface area (Å²) in [6.07, 6.45) is 3.00. The van der Waals surface area contributed by atoms with Crippen LogP contribution in [0.2, 0.25) is 0 Å². The van der Waals surface area contributed by atoms with Crippen LogP contribution >= 0.6 is 0 Å². The van der Waals surface area contributed by atoms with Crippen LogP contribution in [0, 0.1) is 0 Å². The van der Waals surface area contributed by atoms with E-state index < -0.39 is 0 Å². The van der Waals surface area contributed by atoms with Gasteiger partial charge in [-0.05, 0) is 78.2 Å². The third-order valence-electron chi connectivity index (χ3n) is 7.72. The molecular weight excluding hydrogens is 474 g/mol. The van der Waals surface area contributed by atoms with E-state index in [0.29, 0.717) is 25.7 Å². The monoisotopic (exact) mass is 509 g/mol. The molecule has 4 aromatic rings. The molecule has 2 unspecified atom stereocenters. The third-order valence-corrected chi connectivity index (χ3v) is 7.72. The molecule has 2 aliphatic heterocycles. The summed E-state index contributed by atoms with van der Waals surface area (Å²) in [5.74, 6) is 1.60. The van der Waals surface area contributed by atoms with E-state index in [0.717, 1.165) is 66.0 Å². The molecule has 6 heteroatoms. The summed E-state index contributed by atoms with van der Waals surface area (Å²) >= 11 is 0. The minimum absolute atomic E-state index is 0.00465. The molecule has 0 radical (unpaired) electrons. The summed E-state index contributed by atoms with van der Waals surface area (Å²) in [5.41, 5.74) is 5.34. The van der Waals surface area contributed by atoms with Crippen molar-refractivity contribution >= 4 is 10.9 Å². The smallest absolute Gasteiger partial charge is 0.251 e. The van der Waals surface area contributed by atoms with Crippen LogP contribution < -0.4 is 20.3 Å². The van der Waals surface area contributed by atoms with Gasteiger partial charge in [0.15, 0.2) is 11.5 Å². The Morgan fingerprint density at radius 1 is 0.974 bits per heavy atom. The molecule has 1 saturated heterocycles. The second-order valence-corrected chi connectivity index (χ2v) is 10.4. The Balaban J connectivity index is 1.32. The molecule has 0 aliphatic carbocycles. The lowest BCUT2D eigenvalue weighted by Crippen LogP contribution is -2.46. The Hall–Kier alpha value is -3.61. The van der Waals surface area contributed by atoms with Crippen molar-refractivity contribution in [2.45, 2.75) is 44.8 Å². The summed E-state index contributed by atoms with van der Waals surface area (Å²) in [7, 11) is 0. The van der Waals surface area contributed by atoms with Gasteiger partial charge >= 0.3 is 0 Å². The molecule has 1 fully saturated rings. The molecular formula is C32H35N3O3. The first kappa shape index (κ1) is 24.7. The van der Waals surface area contributed by atoms with Gasteiger partial charge in [-0.1, -0.05) is 49.4 Å². The SMILES string of the molecule is CCc1cc2cc(C(NC3CCCN(Cc4ccccc4)C3)c3ccc4c(c3)OCCO4)ccc2[nH]c1=O. The van der Waals surface area contributed by atoms with E-state index in [-0.39, 0.29) is 11.6 Å². The van der Waals surface area contributed by atoms with E-state index in [1.165, 1.54) is 11.1 Å². The van der Waals surface area contributed by atoms with Gasteiger partial charge in [-0.2, -0.15) is 0 Å². The Morgan fingerprint density at radius 3 is 2.61 bits per heavy atom. The van der Waals surface area contributed by atoms with Gasteiger partial charge in [0.05, 0.1) is 6.04 Å². The van der Waals surface area contributed by atoms with Gasteiger partial charge in [0.25, 0.3) is 5.56 Å². The zero-order valence-corrected chi connectivity index (χ0v) is 21.9. The molecule has 3 heterocycles. The zero-order valence-electron chi connectivity index (χ0n) is 21.9. The molecule has 0 spiro atoms. The van der Waals surface area contributed by atoms with Gasteiger partial charge < -0.3 is 19.8 Å². The highest BCUT2D eigenvalue weighted by molar-refractivity contribution is 5.80. The number of hydrogen-bond donors (Lipinski definition) is 2. The van der Waals surface area contributed by atoms with E-state index in [1.54, 1.807) is 0 Å². The molecule has 196 valence electrons. The number of ether oxygens (including phenoxy) is 2. The number of aromatic nitrogens is 1. The van der Waals surface area contributed by atoms with E-state index >= 15 is 0 Å². The number of fused-ring (bicyclic) bond motifs is 2. The average Bonchev–Trinajstić information content (AvgIpc) is 2.96. The zero-order chi connectivity index (χ0) is 25.9. The summed E-state index contributed by atoms with van der Waals surface area (Å²) in [5, 5.41) is 5.06. The molecule has 6 rings (SSSR count). The minimum Gasteiger partial charge on any atom is -0.486 e. The highest BCUT2D eigenvalue weighted by atomic mass is 16.6. The van der Waals surface area contributed by atoms with Gasteiger partial charge in [-0.3, -0.25) is 9.69 Å². The van der Waals surface area contributed by atoms with Gasteiger partial charge in [0.2, 0.25) is 0 Å². The van der Waals surface area contributed by atoms with Crippen LogP contribution in [0.3, 0.4) is 0 Å². The first-order chi connectivity index (χ1) is 18.7. The number of benzene rings is 3. The van der Waals surface area contributed by atoms with E-state index in [4.69, 9.17) is 9.47 Å². The Labute approximate surface area is 223 Å². The lowest BCUT2D eigenvalue weighted by Gasteiger charge is -2.36. The molecule has 0 saturated carbocycles. The lowest BCUT2D eigenvalue weighted by molar-refractivity contribution is 0.170. The number of nitrogens with zero attached hydrogens (tertiary/aromatic N) is 1. The van der Waals surface area contributed by atoms with Crippen molar-refractivity contribution in [3.8, 4) is 11.5 Å². The molecule has 2 aliphatic rings. The van der Waals surface area contributed by atoms with Crippen LogP contribution in [-0.2, 0) is 13.0 Å². The average molecular weight is 510 g/mol. The largest absolute Gasteiger partial charge is 0.486 e. The number of rotatable bonds is 7. The first-order valence-corrected chi connectivity index (χ1v) is 13.7. The molecule has 3 aromatic carbocycles. The number of aromatic amines is 1. The van der Waals surface area contributed by atoms with Crippen LogP contribution in [0.4, 0.5) is 0 Å². The van der Waals surface area contributed by atoms with Crippen LogP contribution in [-0.4, -0.2) is 42.2 Å². The lowest BCUT2D eigenvalue weighted by atomic mass is 9.94. The van der Waals surface area contributed by atoms with Crippen LogP contribution in [0.5, 0.6) is 11.5 Å². The molecule has 0 amide bonds. The number of hydrogen-bond acceptors (Lipinski definition) is 5. The van der Waals surface area contributed by atoms with E-state index in [2.05, 4.69) is 69.8 Å². The number of likely N-dealkylation sites (tertiary alicyclic amines) is 1. The van der Waals surface area contributed by atoms with Crippen molar-refractivity contribution in [2.75, 3.05) is 26.3 Å². The Kier molecular flexibility index (Phi) is 7.16. The normalized spacial score (nSPS) is 18.4. The van der Waals surface area contributed by atoms with Crippen molar-refractivity contribution in [3.63, 3.8) is 0 Å². The fourth-order valence-electron chi connectivity index (χ4n) is 5.75. The van der Waals surface area contributed by atoms with Crippen molar-refractivity contribution in [3.05, 3.63) is 105 Å². The minimum atomic E-state index is -0.0195. The third kappa shape index (κ3) is 5.33. The maximum atomic E-state index is 12.4. The van der Waals surface area contributed by atoms with Crippen molar-refractivity contribution in [2.24, 2.45) is 0 Å². The van der Waals surface area contributed by atoms with Gasteiger partial charge in [-0.25, -0.2) is 0 Å². The number of pyridine rings is 1. The quantitative estimate of drug-likeness (QED) is 0.358. The molecule has 38 heavy (non-hydrogen) atoms. The van der Waals surface area contributed by atoms with E-state index in [9.17, 15) is 4.79 Å². The van der Waals surface area contributed by atoms with Crippen molar-refractivity contribution in [1.82, 2.24) is 15.2 Å². The second-order valence-electron chi connectivity index (χ2n) is 10.4. The van der Waals surface area contributed by atoms with Crippen molar-refractivity contribution < 1.29 is 9.47 Å². The topological polar surface area (TPSA) is 66.6 Å².